The third-order valence-electron chi connectivity index (χ3n) is 2.90. The summed E-state index contributed by atoms with van der Waals surface area (Å²) in [5.74, 6) is 1.65. The quantitative estimate of drug-likeness (QED) is 0.849. The standard InChI is InChI=1S/C14H25N3/c1-6-7-11(15)14-16-12(9(2)3)8-13(17-14)10(4)5/h8-11H,6-7,15H2,1-5H3. The Hall–Kier alpha value is -0.960. The zero-order valence-corrected chi connectivity index (χ0v) is 11.7. The second kappa shape index (κ2) is 6.10. The van der Waals surface area contributed by atoms with Crippen LogP contribution in [-0.2, 0) is 0 Å². The van der Waals surface area contributed by atoms with Crippen LogP contribution in [-0.4, -0.2) is 9.97 Å². The first-order valence-electron chi connectivity index (χ1n) is 6.60. The molecular weight excluding hydrogens is 210 g/mol. The smallest absolute Gasteiger partial charge is 0.145 e. The van der Waals surface area contributed by atoms with E-state index in [9.17, 15) is 0 Å². The van der Waals surface area contributed by atoms with Gasteiger partial charge in [0.1, 0.15) is 5.82 Å². The van der Waals surface area contributed by atoms with E-state index in [0.717, 1.165) is 30.1 Å². The molecule has 1 unspecified atom stereocenters. The Bertz CT molecular complexity index is 332. The van der Waals surface area contributed by atoms with Gasteiger partial charge in [-0.15, -0.1) is 0 Å². The van der Waals surface area contributed by atoms with E-state index in [1.54, 1.807) is 0 Å². The highest BCUT2D eigenvalue weighted by molar-refractivity contribution is 5.18. The molecule has 0 aliphatic heterocycles. The van der Waals surface area contributed by atoms with Crippen molar-refractivity contribution < 1.29 is 0 Å². The summed E-state index contributed by atoms with van der Waals surface area (Å²) in [6, 6.07) is 2.08. The van der Waals surface area contributed by atoms with Gasteiger partial charge in [0.15, 0.2) is 0 Å². The van der Waals surface area contributed by atoms with Crippen molar-refractivity contribution in [1.29, 1.82) is 0 Å². The Morgan fingerprint density at radius 3 is 1.88 bits per heavy atom. The molecular formula is C14H25N3. The van der Waals surface area contributed by atoms with Crippen molar-refractivity contribution in [3.05, 3.63) is 23.3 Å². The third kappa shape index (κ3) is 3.77. The molecule has 17 heavy (non-hydrogen) atoms. The molecule has 0 bridgehead atoms. The van der Waals surface area contributed by atoms with Gasteiger partial charge in [-0.3, -0.25) is 0 Å². The van der Waals surface area contributed by atoms with Crippen LogP contribution in [0.15, 0.2) is 6.07 Å². The minimum atomic E-state index is -0.0313. The predicted octanol–water partition coefficient (Wildman–Crippen LogP) is 3.52. The lowest BCUT2D eigenvalue weighted by Gasteiger charge is -2.15. The zero-order chi connectivity index (χ0) is 13.0. The highest BCUT2D eigenvalue weighted by Crippen LogP contribution is 2.21. The number of nitrogens with two attached hydrogens (primary N) is 1. The van der Waals surface area contributed by atoms with E-state index in [2.05, 4.69) is 50.7 Å². The predicted molar refractivity (Wildman–Crippen MR) is 72.0 cm³/mol. The van der Waals surface area contributed by atoms with E-state index in [-0.39, 0.29) is 6.04 Å². The maximum Gasteiger partial charge on any atom is 0.145 e. The van der Waals surface area contributed by atoms with Gasteiger partial charge in [-0.05, 0) is 24.3 Å². The summed E-state index contributed by atoms with van der Waals surface area (Å²) in [6.45, 7) is 10.8. The van der Waals surface area contributed by atoms with Crippen LogP contribution in [0.3, 0.4) is 0 Å². The Balaban J connectivity index is 3.12. The number of hydrogen-bond donors (Lipinski definition) is 1. The molecule has 0 saturated carbocycles. The van der Waals surface area contributed by atoms with Crippen molar-refractivity contribution in [1.82, 2.24) is 9.97 Å². The molecule has 0 aliphatic rings. The molecule has 0 aromatic carbocycles. The third-order valence-corrected chi connectivity index (χ3v) is 2.90. The summed E-state index contributed by atoms with van der Waals surface area (Å²) in [7, 11) is 0. The fourth-order valence-electron chi connectivity index (χ4n) is 1.70. The zero-order valence-electron chi connectivity index (χ0n) is 11.7. The summed E-state index contributed by atoms with van der Waals surface area (Å²) in [5, 5.41) is 0. The van der Waals surface area contributed by atoms with Crippen molar-refractivity contribution >= 4 is 0 Å². The second-order valence-electron chi connectivity index (χ2n) is 5.28. The van der Waals surface area contributed by atoms with Crippen LogP contribution in [0, 0.1) is 0 Å². The van der Waals surface area contributed by atoms with Gasteiger partial charge < -0.3 is 5.73 Å². The normalized spacial score (nSPS) is 13.4. The molecule has 2 N–H and O–H groups in total. The minimum absolute atomic E-state index is 0.0313. The Kier molecular flexibility index (Phi) is 5.06. The van der Waals surface area contributed by atoms with Gasteiger partial charge >= 0.3 is 0 Å². The number of nitrogens with zero attached hydrogens (tertiary/aromatic N) is 2. The average molecular weight is 235 g/mol. The highest BCUT2D eigenvalue weighted by Gasteiger charge is 2.14. The molecule has 0 radical (unpaired) electrons. The molecule has 1 rings (SSSR count). The Labute approximate surface area is 105 Å². The molecule has 1 aromatic rings. The Morgan fingerprint density at radius 2 is 1.53 bits per heavy atom. The maximum absolute atomic E-state index is 6.12. The molecule has 1 heterocycles. The van der Waals surface area contributed by atoms with Gasteiger partial charge in [-0.25, -0.2) is 9.97 Å². The molecule has 0 spiro atoms. The summed E-state index contributed by atoms with van der Waals surface area (Å²) in [5.41, 5.74) is 8.32. The van der Waals surface area contributed by atoms with Gasteiger partial charge in [0, 0.05) is 11.4 Å². The van der Waals surface area contributed by atoms with E-state index in [1.807, 2.05) is 0 Å². The van der Waals surface area contributed by atoms with Crippen molar-refractivity contribution in [2.45, 2.75) is 65.3 Å². The largest absolute Gasteiger partial charge is 0.321 e. The van der Waals surface area contributed by atoms with E-state index >= 15 is 0 Å². The number of hydrogen-bond acceptors (Lipinski definition) is 3. The van der Waals surface area contributed by atoms with Gasteiger partial charge in [0.25, 0.3) is 0 Å². The number of rotatable bonds is 5. The summed E-state index contributed by atoms with van der Waals surface area (Å²) in [6.07, 6.45) is 2.01. The number of aromatic nitrogens is 2. The Morgan fingerprint density at radius 1 is 1.06 bits per heavy atom. The fourth-order valence-corrected chi connectivity index (χ4v) is 1.70. The van der Waals surface area contributed by atoms with E-state index in [0.29, 0.717) is 11.8 Å². The molecule has 0 aliphatic carbocycles. The van der Waals surface area contributed by atoms with Crippen LogP contribution in [0.1, 0.15) is 82.6 Å². The van der Waals surface area contributed by atoms with Crippen LogP contribution in [0.5, 0.6) is 0 Å². The van der Waals surface area contributed by atoms with Gasteiger partial charge in [0.05, 0.1) is 6.04 Å². The first-order valence-corrected chi connectivity index (χ1v) is 6.60. The van der Waals surface area contributed by atoms with Crippen LogP contribution in [0.4, 0.5) is 0 Å². The van der Waals surface area contributed by atoms with Crippen molar-refractivity contribution in [3.63, 3.8) is 0 Å². The molecule has 3 nitrogen and oxygen atoms in total. The lowest BCUT2D eigenvalue weighted by atomic mass is 10.0. The maximum atomic E-state index is 6.12. The molecule has 3 heteroatoms. The van der Waals surface area contributed by atoms with Crippen molar-refractivity contribution in [2.24, 2.45) is 5.73 Å². The van der Waals surface area contributed by atoms with E-state index < -0.39 is 0 Å². The summed E-state index contributed by atoms with van der Waals surface area (Å²) in [4.78, 5) is 9.20. The molecule has 0 amide bonds. The van der Waals surface area contributed by atoms with Crippen LogP contribution >= 0.6 is 0 Å². The lowest BCUT2D eigenvalue weighted by Crippen LogP contribution is -2.16. The van der Waals surface area contributed by atoms with Crippen LogP contribution in [0.2, 0.25) is 0 Å². The van der Waals surface area contributed by atoms with Gasteiger partial charge in [-0.2, -0.15) is 0 Å². The summed E-state index contributed by atoms with van der Waals surface area (Å²) >= 11 is 0. The minimum Gasteiger partial charge on any atom is -0.321 e. The second-order valence-corrected chi connectivity index (χ2v) is 5.28. The summed E-state index contributed by atoms with van der Waals surface area (Å²) < 4.78 is 0. The first kappa shape index (κ1) is 14.1. The monoisotopic (exact) mass is 235 g/mol. The molecule has 0 saturated heterocycles. The van der Waals surface area contributed by atoms with Crippen molar-refractivity contribution in [2.75, 3.05) is 0 Å². The van der Waals surface area contributed by atoms with Crippen molar-refractivity contribution in [3.8, 4) is 0 Å². The van der Waals surface area contributed by atoms with E-state index in [4.69, 9.17) is 5.73 Å². The first-order chi connectivity index (χ1) is 7.95. The highest BCUT2D eigenvalue weighted by atomic mass is 14.9. The topological polar surface area (TPSA) is 51.8 Å². The van der Waals surface area contributed by atoms with E-state index in [1.165, 1.54) is 0 Å². The molecule has 1 aromatic heterocycles. The molecule has 1 atom stereocenters. The fraction of sp³-hybridized carbons (Fsp3) is 0.714. The lowest BCUT2D eigenvalue weighted by molar-refractivity contribution is 0.586. The molecule has 96 valence electrons. The van der Waals surface area contributed by atoms with Crippen LogP contribution < -0.4 is 5.73 Å². The SMILES string of the molecule is CCCC(N)c1nc(C(C)C)cc(C(C)C)n1. The molecule has 0 fully saturated rings. The van der Waals surface area contributed by atoms with Gasteiger partial charge in [-0.1, -0.05) is 41.0 Å². The van der Waals surface area contributed by atoms with Crippen LogP contribution in [0.25, 0.3) is 0 Å². The average Bonchev–Trinajstić information content (AvgIpc) is 2.28. The van der Waals surface area contributed by atoms with Gasteiger partial charge in [0.2, 0.25) is 0 Å².